The van der Waals surface area contributed by atoms with Crippen molar-refractivity contribution in [3.8, 4) is 0 Å². The summed E-state index contributed by atoms with van der Waals surface area (Å²) in [5.74, 6) is -2.58. The van der Waals surface area contributed by atoms with Crippen molar-refractivity contribution in [2.45, 2.75) is 25.8 Å². The first-order chi connectivity index (χ1) is 11.0. The van der Waals surface area contributed by atoms with Crippen LogP contribution in [0, 0.1) is 11.6 Å². The summed E-state index contributed by atoms with van der Waals surface area (Å²) in [5.41, 5.74) is 5.27. The van der Waals surface area contributed by atoms with E-state index in [0.29, 0.717) is 19.5 Å². The number of hydrogen-bond acceptors (Lipinski definition) is 3. The van der Waals surface area contributed by atoms with Gasteiger partial charge in [0, 0.05) is 26.2 Å². The standard InChI is InChI=1S/C16H21F2N3O2.ClH/c1-2-4-13(19)15(22)20-7-9-21(10-8-20)16(23)14-11(17)5-3-6-12(14)18;/h3,5-6,13H,2,4,7-10,19H2,1H3;1H. The van der Waals surface area contributed by atoms with Crippen molar-refractivity contribution >= 4 is 24.2 Å². The average Bonchev–Trinajstić information content (AvgIpc) is 2.54. The van der Waals surface area contributed by atoms with Gasteiger partial charge in [0.2, 0.25) is 5.91 Å². The summed E-state index contributed by atoms with van der Waals surface area (Å²) in [6.45, 7) is 3.05. The number of rotatable bonds is 4. The van der Waals surface area contributed by atoms with Crippen LogP contribution in [-0.2, 0) is 4.79 Å². The Labute approximate surface area is 146 Å². The first kappa shape index (κ1) is 20.3. The molecule has 8 heteroatoms. The van der Waals surface area contributed by atoms with Crippen LogP contribution in [0.25, 0.3) is 0 Å². The molecule has 1 aromatic rings. The van der Waals surface area contributed by atoms with Crippen LogP contribution in [0.2, 0.25) is 0 Å². The third-order valence-corrected chi connectivity index (χ3v) is 3.97. The highest BCUT2D eigenvalue weighted by Crippen LogP contribution is 2.16. The summed E-state index contributed by atoms with van der Waals surface area (Å²) in [6.07, 6.45) is 1.43. The molecule has 2 rings (SSSR count). The highest BCUT2D eigenvalue weighted by Gasteiger charge is 2.29. The molecule has 134 valence electrons. The Hall–Kier alpha value is -1.73. The van der Waals surface area contributed by atoms with Crippen molar-refractivity contribution in [3.05, 3.63) is 35.4 Å². The maximum atomic E-state index is 13.7. The summed E-state index contributed by atoms with van der Waals surface area (Å²) in [7, 11) is 0. The van der Waals surface area contributed by atoms with E-state index in [2.05, 4.69) is 0 Å². The number of nitrogens with two attached hydrogens (primary N) is 1. The lowest BCUT2D eigenvalue weighted by molar-refractivity contribution is -0.134. The zero-order valence-corrected chi connectivity index (χ0v) is 14.3. The monoisotopic (exact) mass is 361 g/mol. The number of hydrogen-bond donors (Lipinski definition) is 1. The fourth-order valence-electron chi connectivity index (χ4n) is 2.66. The number of carbonyl (C=O) groups excluding carboxylic acids is 2. The molecule has 2 N–H and O–H groups in total. The minimum Gasteiger partial charge on any atom is -0.338 e. The van der Waals surface area contributed by atoms with Gasteiger partial charge >= 0.3 is 0 Å². The maximum absolute atomic E-state index is 13.7. The molecule has 1 aliphatic rings. The lowest BCUT2D eigenvalue weighted by Gasteiger charge is -2.36. The van der Waals surface area contributed by atoms with E-state index in [1.54, 1.807) is 4.90 Å². The number of nitrogens with zero attached hydrogens (tertiary/aromatic N) is 2. The Kier molecular flexibility index (Phi) is 7.57. The van der Waals surface area contributed by atoms with Gasteiger partial charge in [-0.1, -0.05) is 19.4 Å². The Bertz CT molecular complexity index is 572. The van der Waals surface area contributed by atoms with Crippen molar-refractivity contribution in [1.82, 2.24) is 9.80 Å². The predicted octanol–water partition coefficient (Wildman–Crippen LogP) is 1.80. The minimum absolute atomic E-state index is 0. The molecule has 1 atom stereocenters. The smallest absolute Gasteiger partial charge is 0.259 e. The van der Waals surface area contributed by atoms with Crippen LogP contribution in [0.5, 0.6) is 0 Å². The fourth-order valence-corrected chi connectivity index (χ4v) is 2.66. The summed E-state index contributed by atoms with van der Waals surface area (Å²) >= 11 is 0. The SMILES string of the molecule is CCCC(N)C(=O)N1CCN(C(=O)c2c(F)cccc2F)CC1.Cl. The zero-order valence-electron chi connectivity index (χ0n) is 13.5. The van der Waals surface area contributed by atoms with Gasteiger partial charge < -0.3 is 15.5 Å². The minimum atomic E-state index is -0.876. The predicted molar refractivity (Wildman–Crippen MR) is 89.0 cm³/mol. The van der Waals surface area contributed by atoms with Crippen LogP contribution in [0.4, 0.5) is 8.78 Å². The van der Waals surface area contributed by atoms with E-state index in [0.717, 1.165) is 18.6 Å². The fraction of sp³-hybridized carbons (Fsp3) is 0.500. The highest BCUT2D eigenvalue weighted by molar-refractivity contribution is 5.95. The molecule has 0 radical (unpaired) electrons. The third kappa shape index (κ3) is 4.42. The van der Waals surface area contributed by atoms with Gasteiger partial charge in [-0.25, -0.2) is 8.78 Å². The number of carbonyl (C=O) groups is 2. The van der Waals surface area contributed by atoms with E-state index in [-0.39, 0.29) is 31.4 Å². The largest absolute Gasteiger partial charge is 0.338 e. The molecule has 0 aromatic heterocycles. The second kappa shape index (κ2) is 8.94. The molecule has 1 unspecified atom stereocenters. The second-order valence-electron chi connectivity index (χ2n) is 5.61. The van der Waals surface area contributed by atoms with Gasteiger partial charge in [-0.2, -0.15) is 0 Å². The molecule has 1 heterocycles. The van der Waals surface area contributed by atoms with Gasteiger partial charge in [0.05, 0.1) is 6.04 Å². The van der Waals surface area contributed by atoms with Crippen molar-refractivity contribution in [3.63, 3.8) is 0 Å². The average molecular weight is 362 g/mol. The first-order valence-corrected chi connectivity index (χ1v) is 7.73. The highest BCUT2D eigenvalue weighted by atomic mass is 35.5. The molecule has 1 aliphatic heterocycles. The Morgan fingerprint density at radius 1 is 1.12 bits per heavy atom. The van der Waals surface area contributed by atoms with E-state index in [1.807, 2.05) is 6.92 Å². The molecule has 24 heavy (non-hydrogen) atoms. The molecule has 2 amide bonds. The van der Waals surface area contributed by atoms with Crippen LogP contribution in [0.3, 0.4) is 0 Å². The topological polar surface area (TPSA) is 66.6 Å². The number of amides is 2. The molecule has 0 aliphatic carbocycles. The maximum Gasteiger partial charge on any atom is 0.259 e. The van der Waals surface area contributed by atoms with Gasteiger partial charge in [0.1, 0.15) is 17.2 Å². The zero-order chi connectivity index (χ0) is 17.0. The van der Waals surface area contributed by atoms with E-state index in [9.17, 15) is 18.4 Å². The Morgan fingerprint density at radius 3 is 2.12 bits per heavy atom. The van der Waals surface area contributed by atoms with Crippen LogP contribution in [-0.4, -0.2) is 53.8 Å². The molecule has 1 fully saturated rings. The van der Waals surface area contributed by atoms with E-state index >= 15 is 0 Å². The van der Waals surface area contributed by atoms with Crippen molar-refractivity contribution < 1.29 is 18.4 Å². The van der Waals surface area contributed by atoms with Crippen molar-refractivity contribution in [2.75, 3.05) is 26.2 Å². The summed E-state index contributed by atoms with van der Waals surface area (Å²) in [5, 5.41) is 0. The molecular formula is C16H22ClF2N3O2. The van der Waals surface area contributed by atoms with E-state index < -0.39 is 29.1 Å². The van der Waals surface area contributed by atoms with Gasteiger partial charge in [0.25, 0.3) is 5.91 Å². The van der Waals surface area contributed by atoms with E-state index in [4.69, 9.17) is 5.73 Å². The van der Waals surface area contributed by atoms with Gasteiger partial charge in [0.15, 0.2) is 0 Å². The van der Waals surface area contributed by atoms with Gasteiger partial charge in [-0.3, -0.25) is 9.59 Å². The lowest BCUT2D eigenvalue weighted by atomic mass is 10.1. The third-order valence-electron chi connectivity index (χ3n) is 3.97. The molecule has 5 nitrogen and oxygen atoms in total. The number of halogens is 3. The summed E-state index contributed by atoms with van der Waals surface area (Å²) < 4.78 is 27.4. The number of benzene rings is 1. The molecule has 1 aromatic carbocycles. The molecule has 1 saturated heterocycles. The van der Waals surface area contributed by atoms with Gasteiger partial charge in [-0.05, 0) is 18.6 Å². The molecule has 0 spiro atoms. The van der Waals surface area contributed by atoms with E-state index in [1.165, 1.54) is 11.0 Å². The summed E-state index contributed by atoms with van der Waals surface area (Å²) in [6, 6.07) is 2.79. The second-order valence-corrected chi connectivity index (χ2v) is 5.61. The molecule has 0 saturated carbocycles. The Balaban J connectivity index is 0.00000288. The molecular weight excluding hydrogens is 340 g/mol. The van der Waals surface area contributed by atoms with Crippen LogP contribution >= 0.6 is 12.4 Å². The van der Waals surface area contributed by atoms with Crippen molar-refractivity contribution in [2.24, 2.45) is 5.73 Å². The van der Waals surface area contributed by atoms with Crippen LogP contribution in [0.1, 0.15) is 30.1 Å². The Morgan fingerprint density at radius 2 is 1.62 bits per heavy atom. The number of piperazine rings is 1. The quantitative estimate of drug-likeness (QED) is 0.889. The lowest BCUT2D eigenvalue weighted by Crippen LogP contribution is -2.54. The van der Waals surface area contributed by atoms with Crippen LogP contribution < -0.4 is 5.73 Å². The molecule has 0 bridgehead atoms. The summed E-state index contributed by atoms with van der Waals surface area (Å²) in [4.78, 5) is 27.3. The normalized spacial score (nSPS) is 15.7. The van der Waals surface area contributed by atoms with Gasteiger partial charge in [-0.15, -0.1) is 12.4 Å². The van der Waals surface area contributed by atoms with Crippen LogP contribution in [0.15, 0.2) is 18.2 Å². The van der Waals surface area contributed by atoms with Crippen molar-refractivity contribution in [1.29, 1.82) is 0 Å². The first-order valence-electron chi connectivity index (χ1n) is 7.73.